The predicted octanol–water partition coefficient (Wildman–Crippen LogP) is 5.40. The van der Waals surface area contributed by atoms with Gasteiger partial charge in [-0.25, -0.2) is 4.79 Å². The number of allylic oxidation sites excluding steroid dienone is 1. The largest absolute Gasteiger partial charge is 0.496 e. The van der Waals surface area contributed by atoms with E-state index >= 15 is 0 Å². The van der Waals surface area contributed by atoms with E-state index in [0.717, 1.165) is 43.2 Å². The average Bonchev–Trinajstić information content (AvgIpc) is 3.18. The first-order chi connectivity index (χ1) is 17.1. The van der Waals surface area contributed by atoms with Crippen molar-refractivity contribution in [1.29, 1.82) is 0 Å². The van der Waals surface area contributed by atoms with Gasteiger partial charge in [0.1, 0.15) is 11.5 Å². The van der Waals surface area contributed by atoms with Gasteiger partial charge < -0.3 is 19.1 Å². The highest BCUT2D eigenvalue weighted by Gasteiger charge is 2.41. The smallest absolute Gasteiger partial charge is 0.340 e. The Hall–Kier alpha value is -3.80. The van der Waals surface area contributed by atoms with E-state index in [1.165, 1.54) is 7.11 Å². The fourth-order valence-corrected chi connectivity index (χ4v) is 4.83. The van der Waals surface area contributed by atoms with Gasteiger partial charge in [0.25, 0.3) is 5.91 Å². The van der Waals surface area contributed by atoms with Crippen molar-refractivity contribution >= 4 is 24.0 Å². The van der Waals surface area contributed by atoms with Crippen LogP contribution in [-0.4, -0.2) is 44.1 Å². The molecule has 0 aromatic heterocycles. The van der Waals surface area contributed by atoms with Gasteiger partial charge in [-0.05, 0) is 43.2 Å². The number of ether oxygens (including phenoxy) is 3. The molecule has 0 spiro atoms. The van der Waals surface area contributed by atoms with Crippen molar-refractivity contribution in [3.63, 3.8) is 0 Å². The second-order valence-corrected chi connectivity index (χ2v) is 8.59. The zero-order chi connectivity index (χ0) is 24.8. The van der Waals surface area contributed by atoms with Gasteiger partial charge in [0.2, 0.25) is 0 Å². The Labute approximate surface area is 206 Å². The van der Waals surface area contributed by atoms with Crippen LogP contribution >= 0.6 is 0 Å². The molecule has 1 amide bonds. The van der Waals surface area contributed by atoms with E-state index in [9.17, 15) is 9.59 Å². The van der Waals surface area contributed by atoms with Gasteiger partial charge in [-0.2, -0.15) is 0 Å². The maximum Gasteiger partial charge on any atom is 0.340 e. The minimum absolute atomic E-state index is 0.0248. The predicted molar refractivity (Wildman–Crippen MR) is 136 cm³/mol. The SMILES string of the molecule is COC(=O)C1=C(/C=C/c2ccccc2OC)N(C2CCCCC2)C(=O)/C1=C\c1ccccc1OC. The van der Waals surface area contributed by atoms with Crippen LogP contribution in [0.2, 0.25) is 0 Å². The Bertz CT molecular complexity index is 1190. The normalized spacial score (nSPS) is 18.0. The number of para-hydroxylation sites is 2. The zero-order valence-corrected chi connectivity index (χ0v) is 20.5. The maximum absolute atomic E-state index is 13.9. The Balaban J connectivity index is 1.89. The van der Waals surface area contributed by atoms with Gasteiger partial charge in [-0.1, -0.05) is 55.7 Å². The number of nitrogens with zero attached hydrogens (tertiary/aromatic N) is 1. The number of carbonyl (C=O) groups is 2. The summed E-state index contributed by atoms with van der Waals surface area (Å²) in [5.74, 6) is 0.599. The number of benzene rings is 2. The van der Waals surface area contributed by atoms with E-state index < -0.39 is 5.97 Å². The van der Waals surface area contributed by atoms with Gasteiger partial charge in [0.05, 0.1) is 38.2 Å². The molecule has 0 radical (unpaired) electrons. The van der Waals surface area contributed by atoms with Crippen LogP contribution in [0.5, 0.6) is 11.5 Å². The highest BCUT2D eigenvalue weighted by molar-refractivity contribution is 6.17. The lowest BCUT2D eigenvalue weighted by atomic mass is 9.94. The van der Waals surface area contributed by atoms with Crippen molar-refractivity contribution in [1.82, 2.24) is 4.90 Å². The van der Waals surface area contributed by atoms with Gasteiger partial charge >= 0.3 is 5.97 Å². The Morgan fingerprint density at radius 2 is 1.46 bits per heavy atom. The number of hydrogen-bond acceptors (Lipinski definition) is 5. The molecule has 2 aromatic carbocycles. The lowest BCUT2D eigenvalue weighted by Gasteiger charge is -2.32. The fourth-order valence-electron chi connectivity index (χ4n) is 4.83. The highest BCUT2D eigenvalue weighted by Crippen LogP contribution is 2.39. The summed E-state index contributed by atoms with van der Waals surface area (Å²) in [6, 6.07) is 15.1. The van der Waals surface area contributed by atoms with E-state index in [1.807, 2.05) is 60.7 Å². The summed E-state index contributed by atoms with van der Waals surface area (Å²) in [4.78, 5) is 28.8. The minimum atomic E-state index is -0.544. The topological polar surface area (TPSA) is 65.1 Å². The highest BCUT2D eigenvalue weighted by atomic mass is 16.5. The number of amides is 1. The van der Waals surface area contributed by atoms with Gasteiger partial charge in [-0.3, -0.25) is 4.79 Å². The third kappa shape index (κ3) is 5.02. The number of esters is 1. The molecule has 1 saturated carbocycles. The third-order valence-corrected chi connectivity index (χ3v) is 6.56. The van der Waals surface area contributed by atoms with E-state index in [1.54, 1.807) is 25.2 Å². The number of methoxy groups -OCH3 is 3. The molecule has 0 N–H and O–H groups in total. The first-order valence-electron chi connectivity index (χ1n) is 11.9. The Kier molecular flexibility index (Phi) is 7.70. The first kappa shape index (κ1) is 24.3. The number of carbonyl (C=O) groups excluding carboxylic acids is 2. The third-order valence-electron chi connectivity index (χ3n) is 6.56. The molecule has 0 unspecified atom stereocenters. The average molecular weight is 474 g/mol. The molecule has 2 aromatic rings. The van der Waals surface area contributed by atoms with Crippen LogP contribution in [0.25, 0.3) is 12.2 Å². The van der Waals surface area contributed by atoms with Crippen molar-refractivity contribution in [3.8, 4) is 11.5 Å². The van der Waals surface area contributed by atoms with Crippen molar-refractivity contribution in [2.75, 3.05) is 21.3 Å². The molecule has 182 valence electrons. The van der Waals surface area contributed by atoms with Gasteiger partial charge in [-0.15, -0.1) is 0 Å². The number of hydrogen-bond donors (Lipinski definition) is 0. The van der Waals surface area contributed by atoms with Gasteiger partial charge in [0, 0.05) is 17.2 Å². The lowest BCUT2D eigenvalue weighted by molar-refractivity contribution is -0.136. The van der Waals surface area contributed by atoms with Gasteiger partial charge in [0.15, 0.2) is 0 Å². The second-order valence-electron chi connectivity index (χ2n) is 8.59. The molecule has 6 heteroatoms. The van der Waals surface area contributed by atoms with Crippen molar-refractivity contribution in [3.05, 3.63) is 82.6 Å². The van der Waals surface area contributed by atoms with Crippen LogP contribution in [0.1, 0.15) is 43.2 Å². The molecule has 1 aliphatic heterocycles. The molecule has 2 aliphatic rings. The molecule has 35 heavy (non-hydrogen) atoms. The van der Waals surface area contributed by atoms with E-state index in [0.29, 0.717) is 22.8 Å². The molecule has 0 atom stereocenters. The fraction of sp³-hybridized carbons (Fsp3) is 0.310. The van der Waals surface area contributed by atoms with Crippen LogP contribution in [-0.2, 0) is 14.3 Å². The van der Waals surface area contributed by atoms with E-state index in [2.05, 4.69) is 0 Å². The molecule has 1 heterocycles. The molecule has 0 bridgehead atoms. The minimum Gasteiger partial charge on any atom is -0.496 e. The Morgan fingerprint density at radius 1 is 0.857 bits per heavy atom. The zero-order valence-electron chi connectivity index (χ0n) is 20.5. The van der Waals surface area contributed by atoms with Crippen LogP contribution in [0.3, 0.4) is 0 Å². The summed E-state index contributed by atoms with van der Waals surface area (Å²) in [6.45, 7) is 0. The van der Waals surface area contributed by atoms with Crippen LogP contribution in [0, 0.1) is 0 Å². The van der Waals surface area contributed by atoms with Crippen LogP contribution < -0.4 is 9.47 Å². The van der Waals surface area contributed by atoms with Crippen LogP contribution in [0.4, 0.5) is 0 Å². The summed E-state index contributed by atoms with van der Waals surface area (Å²) >= 11 is 0. The quantitative estimate of drug-likeness (QED) is 0.398. The van der Waals surface area contributed by atoms with Crippen molar-refractivity contribution in [2.45, 2.75) is 38.1 Å². The van der Waals surface area contributed by atoms with Crippen LogP contribution in [0.15, 0.2) is 71.5 Å². The Morgan fingerprint density at radius 3 is 2.09 bits per heavy atom. The lowest BCUT2D eigenvalue weighted by Crippen LogP contribution is -2.37. The molecular formula is C29H31NO5. The summed E-state index contributed by atoms with van der Waals surface area (Å²) in [6.07, 6.45) is 10.5. The molecule has 1 fully saturated rings. The summed E-state index contributed by atoms with van der Waals surface area (Å²) in [5, 5.41) is 0. The summed E-state index contributed by atoms with van der Waals surface area (Å²) in [5.41, 5.74) is 2.70. The monoisotopic (exact) mass is 473 g/mol. The summed E-state index contributed by atoms with van der Waals surface area (Å²) < 4.78 is 16.1. The maximum atomic E-state index is 13.9. The molecule has 0 saturated heterocycles. The standard InChI is InChI=1S/C29H31NO5/c1-33-25-15-9-7-11-20(25)17-18-24-27(29(32)35-3)23(19-21-12-8-10-16-26(21)34-2)28(31)30(24)22-13-5-4-6-14-22/h7-12,15-19,22H,4-6,13-14H2,1-3H3/b18-17+,23-19-. The molecule has 1 aliphatic carbocycles. The van der Waals surface area contributed by atoms with E-state index in [-0.39, 0.29) is 17.5 Å². The van der Waals surface area contributed by atoms with Crippen molar-refractivity contribution in [2.24, 2.45) is 0 Å². The molecule has 6 nitrogen and oxygen atoms in total. The second kappa shape index (κ2) is 11.1. The number of rotatable bonds is 7. The first-order valence-corrected chi connectivity index (χ1v) is 11.9. The molecule has 4 rings (SSSR count). The summed E-state index contributed by atoms with van der Waals surface area (Å²) in [7, 11) is 4.54. The molecular weight excluding hydrogens is 442 g/mol. The van der Waals surface area contributed by atoms with Crippen molar-refractivity contribution < 1.29 is 23.8 Å². The van der Waals surface area contributed by atoms with E-state index in [4.69, 9.17) is 14.2 Å².